The number of hydrogen-bond donors (Lipinski definition) is 1. The highest BCUT2D eigenvalue weighted by Gasteiger charge is 2.76. The Morgan fingerprint density at radius 1 is 1.04 bits per heavy atom. The Bertz CT molecular complexity index is 617. The van der Waals surface area contributed by atoms with Gasteiger partial charge >= 0.3 is 0 Å². The van der Waals surface area contributed by atoms with Crippen molar-refractivity contribution >= 4 is 0 Å². The largest absolute Gasteiger partial charge is 0.393 e. The van der Waals surface area contributed by atoms with E-state index in [0.717, 1.165) is 49.0 Å². The van der Waals surface area contributed by atoms with Crippen LogP contribution in [0.15, 0.2) is 0 Å². The number of aliphatic hydroxyl groups excluding tert-OH is 1. The number of ether oxygens (including phenoxy) is 2. The van der Waals surface area contributed by atoms with Crippen LogP contribution in [0.2, 0.25) is 0 Å². The van der Waals surface area contributed by atoms with E-state index in [1.807, 2.05) is 0 Å². The molecule has 2 aliphatic heterocycles. The van der Waals surface area contributed by atoms with E-state index >= 15 is 0 Å². The topological polar surface area (TPSA) is 45.3 Å². The second-order valence-corrected chi connectivity index (χ2v) is 11.4. The summed E-state index contributed by atoms with van der Waals surface area (Å²) in [6.45, 7) is 8.63. The van der Waals surface area contributed by atoms with Crippen LogP contribution in [0.1, 0.15) is 72.1 Å². The van der Waals surface area contributed by atoms with Crippen molar-refractivity contribution in [2.45, 2.75) is 96.1 Å². The summed E-state index contributed by atoms with van der Waals surface area (Å²) >= 11 is 0. The maximum Gasteiger partial charge on any atom is 0.103 e. The molecule has 1 spiro atoms. The van der Waals surface area contributed by atoms with Gasteiger partial charge in [-0.3, -0.25) is 0 Å². The lowest BCUT2D eigenvalue weighted by Crippen LogP contribution is -2.58. The molecular weight excluding hydrogens is 324 g/mol. The van der Waals surface area contributed by atoms with Crippen molar-refractivity contribution in [2.24, 2.45) is 40.4 Å². The van der Waals surface area contributed by atoms with Crippen LogP contribution >= 0.6 is 0 Å². The van der Waals surface area contributed by atoms with Gasteiger partial charge in [0.05, 0.1) is 24.9 Å². The Kier molecular flexibility index (Phi) is 3.28. The zero-order chi connectivity index (χ0) is 17.9. The third-order valence-electron chi connectivity index (χ3n) is 10.7. The maximum atomic E-state index is 10.3. The molecule has 11 unspecified atom stereocenters. The summed E-state index contributed by atoms with van der Waals surface area (Å²) in [5.41, 5.74) is 0.864. The molecule has 0 amide bonds. The molecule has 0 radical (unpaired) electrons. The van der Waals surface area contributed by atoms with Gasteiger partial charge in [-0.05, 0) is 80.0 Å². The predicted molar refractivity (Wildman–Crippen MR) is 99.6 cm³/mol. The molecule has 146 valence electrons. The molecule has 0 aromatic heterocycles. The van der Waals surface area contributed by atoms with Crippen molar-refractivity contribution in [1.29, 1.82) is 0 Å². The Morgan fingerprint density at radius 2 is 1.85 bits per heavy atom. The first-order valence-electron chi connectivity index (χ1n) is 11.4. The average Bonchev–Trinajstić information content (AvgIpc) is 3.50. The first-order chi connectivity index (χ1) is 12.4. The van der Waals surface area contributed by atoms with Crippen molar-refractivity contribution in [3.8, 4) is 0 Å². The molecule has 2 saturated heterocycles. The highest BCUT2D eigenvalue weighted by molar-refractivity contribution is 5.24. The van der Waals surface area contributed by atoms with Crippen LogP contribution < -0.4 is 0 Å². The summed E-state index contributed by atoms with van der Waals surface area (Å²) in [7, 11) is 0. The molecule has 2 heterocycles. The van der Waals surface area contributed by atoms with Gasteiger partial charge in [0.15, 0.2) is 0 Å². The number of rotatable bonds is 2. The second-order valence-electron chi connectivity index (χ2n) is 11.4. The van der Waals surface area contributed by atoms with E-state index in [2.05, 4.69) is 20.8 Å². The third-order valence-corrected chi connectivity index (χ3v) is 10.7. The summed E-state index contributed by atoms with van der Waals surface area (Å²) < 4.78 is 12.1. The van der Waals surface area contributed by atoms with Gasteiger partial charge < -0.3 is 14.6 Å². The molecule has 1 N–H and O–H groups in total. The van der Waals surface area contributed by atoms with Gasteiger partial charge in [-0.25, -0.2) is 0 Å². The first kappa shape index (κ1) is 16.8. The molecule has 0 aromatic rings. The lowest BCUT2D eigenvalue weighted by molar-refractivity contribution is -0.117. The molecular formula is C23H36O3. The number of epoxide rings is 2. The number of aliphatic hydroxyl groups is 1. The van der Waals surface area contributed by atoms with E-state index in [1.54, 1.807) is 0 Å². The van der Waals surface area contributed by atoms with E-state index in [-0.39, 0.29) is 11.7 Å². The fourth-order valence-electron chi connectivity index (χ4n) is 9.18. The molecule has 6 fully saturated rings. The highest BCUT2D eigenvalue weighted by Crippen LogP contribution is 2.74. The monoisotopic (exact) mass is 360 g/mol. The van der Waals surface area contributed by atoms with Crippen LogP contribution in [-0.4, -0.2) is 35.6 Å². The zero-order valence-electron chi connectivity index (χ0n) is 16.7. The highest BCUT2D eigenvalue weighted by atomic mass is 16.6. The number of hydrogen-bond acceptors (Lipinski definition) is 3. The normalized spacial score (nSPS) is 63.9. The zero-order valence-corrected chi connectivity index (χ0v) is 16.7. The molecule has 4 saturated carbocycles. The van der Waals surface area contributed by atoms with Crippen molar-refractivity contribution in [3.63, 3.8) is 0 Å². The lowest BCUT2D eigenvalue weighted by atomic mass is 9.44. The van der Waals surface area contributed by atoms with E-state index in [1.165, 1.54) is 38.5 Å². The smallest absolute Gasteiger partial charge is 0.103 e. The predicted octanol–water partition coefficient (Wildman–Crippen LogP) is 4.17. The molecule has 4 aliphatic carbocycles. The van der Waals surface area contributed by atoms with Gasteiger partial charge in [0, 0.05) is 11.8 Å². The molecule has 11 atom stereocenters. The van der Waals surface area contributed by atoms with Crippen LogP contribution in [0.25, 0.3) is 0 Å². The Balaban J connectivity index is 1.31. The van der Waals surface area contributed by atoms with Gasteiger partial charge in [0.1, 0.15) is 5.60 Å². The van der Waals surface area contributed by atoms with Gasteiger partial charge in [-0.15, -0.1) is 0 Å². The Labute approximate surface area is 158 Å². The summed E-state index contributed by atoms with van der Waals surface area (Å²) in [5.74, 6) is 4.15. The quantitative estimate of drug-likeness (QED) is 0.752. The van der Waals surface area contributed by atoms with Crippen molar-refractivity contribution in [2.75, 3.05) is 6.61 Å². The van der Waals surface area contributed by atoms with Gasteiger partial charge in [0.2, 0.25) is 0 Å². The molecule has 3 heteroatoms. The van der Waals surface area contributed by atoms with Crippen LogP contribution in [0.4, 0.5) is 0 Å². The number of fused-ring (bicyclic) bond motifs is 4. The molecule has 0 bridgehead atoms. The Morgan fingerprint density at radius 3 is 2.62 bits per heavy atom. The molecule has 3 nitrogen and oxygen atoms in total. The third kappa shape index (κ3) is 1.91. The molecule has 0 aromatic carbocycles. The van der Waals surface area contributed by atoms with Gasteiger partial charge in [-0.1, -0.05) is 20.8 Å². The van der Waals surface area contributed by atoms with Crippen LogP contribution in [0.3, 0.4) is 0 Å². The molecule has 26 heavy (non-hydrogen) atoms. The second kappa shape index (κ2) is 5.07. The maximum absolute atomic E-state index is 10.3. The average molecular weight is 361 g/mol. The summed E-state index contributed by atoms with van der Waals surface area (Å²) in [6.07, 6.45) is 10.8. The summed E-state index contributed by atoms with van der Waals surface area (Å²) in [6, 6.07) is 0. The first-order valence-corrected chi connectivity index (χ1v) is 11.4. The lowest BCUT2D eigenvalue weighted by Gasteiger charge is -2.59. The molecule has 6 rings (SSSR count). The van der Waals surface area contributed by atoms with Crippen LogP contribution in [0.5, 0.6) is 0 Å². The van der Waals surface area contributed by atoms with E-state index in [9.17, 15) is 5.11 Å². The minimum absolute atomic E-state index is 0.0344. The minimum atomic E-state index is -0.131. The van der Waals surface area contributed by atoms with Gasteiger partial charge in [-0.2, -0.15) is 0 Å². The fourth-order valence-corrected chi connectivity index (χ4v) is 9.18. The fraction of sp³-hybridized carbons (Fsp3) is 1.00. The van der Waals surface area contributed by atoms with E-state index in [0.29, 0.717) is 23.0 Å². The van der Waals surface area contributed by atoms with Crippen molar-refractivity contribution < 1.29 is 14.6 Å². The SMILES string of the molecule is CC(C1CO1)C1CCC2C3CC4OC45CC(O)CCC5(C)C3CCC12C. The van der Waals surface area contributed by atoms with Crippen LogP contribution in [-0.2, 0) is 9.47 Å². The van der Waals surface area contributed by atoms with E-state index < -0.39 is 0 Å². The standard InChI is InChI=1S/C23H36O3/c1-13(19-12-25-19)16-4-5-17-15-10-20-23(26-20)11-14(24)6-9-22(23,3)18(15)7-8-21(16,17)2/h13-20,24H,4-12H2,1-3H3. The van der Waals surface area contributed by atoms with Gasteiger partial charge in [0.25, 0.3) is 0 Å². The summed E-state index contributed by atoms with van der Waals surface area (Å²) in [5, 5.41) is 10.3. The van der Waals surface area contributed by atoms with Crippen molar-refractivity contribution in [3.05, 3.63) is 0 Å². The van der Waals surface area contributed by atoms with Crippen molar-refractivity contribution in [1.82, 2.24) is 0 Å². The summed E-state index contributed by atoms with van der Waals surface area (Å²) in [4.78, 5) is 0. The minimum Gasteiger partial charge on any atom is -0.393 e. The van der Waals surface area contributed by atoms with Crippen LogP contribution in [0, 0.1) is 40.4 Å². The Hall–Kier alpha value is -0.120. The molecule has 6 aliphatic rings. The van der Waals surface area contributed by atoms with E-state index in [4.69, 9.17) is 9.47 Å².